The predicted molar refractivity (Wildman–Crippen MR) is 59.2 cm³/mol. The van der Waals surface area contributed by atoms with Crippen LogP contribution < -0.4 is 0 Å². The average Bonchev–Trinajstić information content (AvgIpc) is 2.03. The van der Waals surface area contributed by atoms with Gasteiger partial charge in [-0.05, 0) is 42.4 Å². The zero-order chi connectivity index (χ0) is 10.0. The van der Waals surface area contributed by atoms with E-state index in [9.17, 15) is 0 Å². The Hall–Kier alpha value is -0.780. The van der Waals surface area contributed by atoms with Crippen LogP contribution in [0.1, 0.15) is 43.4 Å². The molecule has 0 amide bonds. The van der Waals surface area contributed by atoms with Crippen LogP contribution in [0.4, 0.5) is 0 Å². The highest BCUT2D eigenvalue weighted by molar-refractivity contribution is 5.36. The Bertz CT molecular complexity index is 264. The summed E-state index contributed by atoms with van der Waals surface area (Å²) in [5.41, 5.74) is 4.40. The molecule has 1 aromatic carbocycles. The van der Waals surface area contributed by atoms with Gasteiger partial charge in [0.1, 0.15) is 0 Å². The van der Waals surface area contributed by atoms with Crippen molar-refractivity contribution in [3.05, 3.63) is 34.9 Å². The van der Waals surface area contributed by atoms with Gasteiger partial charge < -0.3 is 0 Å². The van der Waals surface area contributed by atoms with Gasteiger partial charge in [-0.3, -0.25) is 0 Å². The van der Waals surface area contributed by atoms with Gasteiger partial charge in [-0.2, -0.15) is 0 Å². The third-order valence-electron chi connectivity index (χ3n) is 3.00. The fourth-order valence-electron chi connectivity index (χ4n) is 1.88. The summed E-state index contributed by atoms with van der Waals surface area (Å²) in [5, 5.41) is 0. The molecule has 0 aliphatic carbocycles. The molecule has 1 aromatic rings. The lowest BCUT2D eigenvalue weighted by Crippen LogP contribution is -2.06. The van der Waals surface area contributed by atoms with Crippen LogP contribution >= 0.6 is 0 Å². The molecule has 0 saturated carbocycles. The number of aryl methyl sites for hydroxylation is 2. The monoisotopic (exact) mass is 176 g/mol. The van der Waals surface area contributed by atoms with E-state index in [-0.39, 0.29) is 0 Å². The molecule has 0 heteroatoms. The van der Waals surface area contributed by atoms with Gasteiger partial charge in [0.2, 0.25) is 0 Å². The molecule has 1 rings (SSSR count). The maximum Gasteiger partial charge on any atom is -0.0162 e. The summed E-state index contributed by atoms with van der Waals surface area (Å²) in [5.74, 6) is 1.39. The summed E-state index contributed by atoms with van der Waals surface area (Å²) < 4.78 is 0. The highest BCUT2D eigenvalue weighted by Gasteiger charge is 2.13. The Morgan fingerprint density at radius 1 is 0.923 bits per heavy atom. The molecule has 0 aliphatic rings. The zero-order valence-electron chi connectivity index (χ0n) is 9.39. The van der Waals surface area contributed by atoms with Gasteiger partial charge in [-0.25, -0.2) is 0 Å². The first-order chi connectivity index (χ1) is 6.04. The summed E-state index contributed by atoms with van der Waals surface area (Å²) in [7, 11) is 0. The van der Waals surface area contributed by atoms with Crippen molar-refractivity contribution in [1.29, 1.82) is 0 Å². The molecule has 0 radical (unpaired) electrons. The second-order valence-electron chi connectivity index (χ2n) is 4.34. The highest BCUT2D eigenvalue weighted by Crippen LogP contribution is 2.28. The van der Waals surface area contributed by atoms with E-state index in [1.54, 1.807) is 0 Å². The molecule has 0 aromatic heterocycles. The van der Waals surface area contributed by atoms with E-state index in [2.05, 4.69) is 52.8 Å². The van der Waals surface area contributed by atoms with E-state index in [0.717, 1.165) is 5.92 Å². The second kappa shape index (κ2) is 3.95. The maximum absolute atomic E-state index is 2.32. The lowest BCUT2D eigenvalue weighted by atomic mass is 9.85. The Morgan fingerprint density at radius 2 is 1.38 bits per heavy atom. The van der Waals surface area contributed by atoms with Gasteiger partial charge in [-0.1, -0.05) is 39.0 Å². The molecule has 0 spiro atoms. The third kappa shape index (κ3) is 2.12. The van der Waals surface area contributed by atoms with Gasteiger partial charge in [0.25, 0.3) is 0 Å². The topological polar surface area (TPSA) is 0 Å². The van der Waals surface area contributed by atoms with Crippen LogP contribution in [0.3, 0.4) is 0 Å². The Morgan fingerprint density at radius 3 is 1.77 bits per heavy atom. The first-order valence-corrected chi connectivity index (χ1v) is 5.10. The van der Waals surface area contributed by atoms with E-state index in [1.165, 1.54) is 16.7 Å². The van der Waals surface area contributed by atoms with Crippen LogP contribution in [0.5, 0.6) is 0 Å². The standard InChI is InChI=1S/C13H20/c1-9(2)12(5)13-10(3)7-6-8-11(13)4/h6-9,12H,1-5H3. The smallest absolute Gasteiger partial charge is 0.0162 e. The molecule has 0 fully saturated rings. The normalized spacial score (nSPS) is 13.4. The van der Waals surface area contributed by atoms with Crippen molar-refractivity contribution in [3.8, 4) is 0 Å². The van der Waals surface area contributed by atoms with E-state index < -0.39 is 0 Å². The summed E-state index contributed by atoms with van der Waals surface area (Å²) in [6, 6.07) is 6.56. The number of rotatable bonds is 2. The number of hydrogen-bond acceptors (Lipinski definition) is 0. The molecule has 0 heterocycles. The van der Waals surface area contributed by atoms with Crippen LogP contribution in [0.15, 0.2) is 18.2 Å². The first-order valence-electron chi connectivity index (χ1n) is 5.10. The molecule has 0 N–H and O–H groups in total. The number of hydrogen-bond donors (Lipinski definition) is 0. The fraction of sp³-hybridized carbons (Fsp3) is 0.538. The van der Waals surface area contributed by atoms with Crippen LogP contribution in [-0.2, 0) is 0 Å². The van der Waals surface area contributed by atoms with Crippen molar-refractivity contribution in [2.75, 3.05) is 0 Å². The Balaban J connectivity index is 3.12. The van der Waals surface area contributed by atoms with Crippen LogP contribution in [0, 0.1) is 19.8 Å². The van der Waals surface area contributed by atoms with Crippen molar-refractivity contribution in [3.63, 3.8) is 0 Å². The average molecular weight is 176 g/mol. The molecule has 0 saturated heterocycles. The summed E-state index contributed by atoms with van der Waals surface area (Å²) in [6.45, 7) is 11.3. The second-order valence-corrected chi connectivity index (χ2v) is 4.34. The van der Waals surface area contributed by atoms with Crippen LogP contribution in [0.25, 0.3) is 0 Å². The van der Waals surface area contributed by atoms with E-state index in [1.807, 2.05) is 0 Å². The van der Waals surface area contributed by atoms with Crippen molar-refractivity contribution < 1.29 is 0 Å². The predicted octanol–water partition coefficient (Wildman–Crippen LogP) is 4.06. The molecule has 0 bridgehead atoms. The van der Waals surface area contributed by atoms with E-state index in [4.69, 9.17) is 0 Å². The summed E-state index contributed by atoms with van der Waals surface area (Å²) >= 11 is 0. The Kier molecular flexibility index (Phi) is 3.13. The van der Waals surface area contributed by atoms with Crippen LogP contribution in [-0.4, -0.2) is 0 Å². The van der Waals surface area contributed by atoms with E-state index in [0.29, 0.717) is 5.92 Å². The lowest BCUT2D eigenvalue weighted by molar-refractivity contribution is 0.531. The maximum atomic E-state index is 2.32. The van der Waals surface area contributed by atoms with Crippen molar-refractivity contribution in [2.24, 2.45) is 5.92 Å². The minimum Gasteiger partial charge on any atom is -0.0622 e. The largest absolute Gasteiger partial charge is 0.0622 e. The van der Waals surface area contributed by atoms with Gasteiger partial charge in [0, 0.05) is 0 Å². The Labute approximate surface area is 82.0 Å². The van der Waals surface area contributed by atoms with Gasteiger partial charge in [0.05, 0.1) is 0 Å². The van der Waals surface area contributed by atoms with Gasteiger partial charge in [-0.15, -0.1) is 0 Å². The molecule has 0 nitrogen and oxygen atoms in total. The molecular weight excluding hydrogens is 156 g/mol. The quantitative estimate of drug-likeness (QED) is 0.637. The SMILES string of the molecule is Cc1cccc(C)c1C(C)C(C)C. The van der Waals surface area contributed by atoms with Crippen LogP contribution in [0.2, 0.25) is 0 Å². The lowest BCUT2D eigenvalue weighted by Gasteiger charge is -2.20. The van der Waals surface area contributed by atoms with Crippen molar-refractivity contribution in [1.82, 2.24) is 0 Å². The van der Waals surface area contributed by atoms with E-state index >= 15 is 0 Å². The minimum absolute atomic E-state index is 0.668. The summed E-state index contributed by atoms with van der Waals surface area (Å²) in [4.78, 5) is 0. The molecule has 72 valence electrons. The third-order valence-corrected chi connectivity index (χ3v) is 3.00. The van der Waals surface area contributed by atoms with Crippen molar-refractivity contribution in [2.45, 2.75) is 40.5 Å². The fourth-order valence-corrected chi connectivity index (χ4v) is 1.88. The number of benzene rings is 1. The van der Waals surface area contributed by atoms with Gasteiger partial charge in [0.15, 0.2) is 0 Å². The zero-order valence-corrected chi connectivity index (χ0v) is 9.39. The van der Waals surface area contributed by atoms with Crippen molar-refractivity contribution >= 4 is 0 Å². The molecule has 13 heavy (non-hydrogen) atoms. The summed E-state index contributed by atoms with van der Waals surface area (Å²) in [6.07, 6.45) is 0. The minimum atomic E-state index is 0.668. The molecule has 0 aliphatic heterocycles. The highest BCUT2D eigenvalue weighted by atomic mass is 14.2. The van der Waals surface area contributed by atoms with Gasteiger partial charge >= 0.3 is 0 Å². The molecule has 1 unspecified atom stereocenters. The molecule has 1 atom stereocenters. The molecular formula is C13H20. The first kappa shape index (κ1) is 10.3.